The quantitative estimate of drug-likeness (QED) is 0.712. The molecule has 138 valence electrons. The van der Waals surface area contributed by atoms with Crippen LogP contribution < -0.4 is 15.2 Å². The molecule has 8 nitrogen and oxygen atoms in total. The predicted molar refractivity (Wildman–Crippen MR) is 87.1 cm³/mol. The topological polar surface area (TPSA) is 116 Å². The molecule has 1 aliphatic heterocycles. The van der Waals surface area contributed by atoms with Crippen molar-refractivity contribution in [3.63, 3.8) is 0 Å². The van der Waals surface area contributed by atoms with Crippen LogP contribution in [0.1, 0.15) is 19.8 Å². The molecule has 1 N–H and O–H groups in total. The fourth-order valence-electron chi connectivity index (χ4n) is 2.65. The number of ether oxygens (including phenoxy) is 1. The zero-order valence-corrected chi connectivity index (χ0v) is 14.9. The molecule has 9 heteroatoms. The standard InChI is InChI=1S/C16H22N2O6S/c1-11(16(20)21)17-15(19)12-7-9-18(10-8-12)25(22,23)14-5-3-13(24-2)4-6-14/h3-6,11-12H,7-10H2,1-2H3,(H,17,19)(H,20,21)/p-1/t11-/m0/s1. The van der Waals surface area contributed by atoms with E-state index in [1.807, 2.05) is 0 Å². The molecule has 0 spiro atoms. The van der Waals surface area contributed by atoms with E-state index in [9.17, 15) is 23.1 Å². The average Bonchev–Trinajstić information content (AvgIpc) is 2.61. The van der Waals surface area contributed by atoms with Crippen LogP contribution in [0.3, 0.4) is 0 Å². The van der Waals surface area contributed by atoms with Gasteiger partial charge < -0.3 is 20.0 Å². The van der Waals surface area contributed by atoms with Crippen LogP contribution in [0.15, 0.2) is 29.2 Å². The fourth-order valence-corrected chi connectivity index (χ4v) is 4.11. The average molecular weight is 369 g/mol. The first-order valence-electron chi connectivity index (χ1n) is 7.91. The molecule has 0 saturated carbocycles. The maximum Gasteiger partial charge on any atom is 0.243 e. The number of benzene rings is 1. The summed E-state index contributed by atoms with van der Waals surface area (Å²) in [5.74, 6) is -1.59. The molecule has 0 aromatic heterocycles. The number of hydrogen-bond acceptors (Lipinski definition) is 6. The van der Waals surface area contributed by atoms with Gasteiger partial charge in [-0.15, -0.1) is 0 Å². The molecule has 1 saturated heterocycles. The van der Waals surface area contributed by atoms with Crippen molar-refractivity contribution in [2.75, 3.05) is 20.2 Å². The van der Waals surface area contributed by atoms with Gasteiger partial charge in [0.15, 0.2) is 0 Å². The van der Waals surface area contributed by atoms with Crippen LogP contribution in [-0.4, -0.2) is 50.8 Å². The first kappa shape index (κ1) is 19.2. The molecule has 1 aliphatic rings. The number of rotatable bonds is 6. The summed E-state index contributed by atoms with van der Waals surface area (Å²) in [6.45, 7) is 1.73. The molecule has 1 heterocycles. The Labute approximate surface area is 146 Å². The van der Waals surface area contributed by atoms with Crippen molar-refractivity contribution in [1.82, 2.24) is 9.62 Å². The van der Waals surface area contributed by atoms with Gasteiger partial charge in [-0.05, 0) is 44.0 Å². The Morgan fingerprint density at radius 1 is 1.24 bits per heavy atom. The minimum absolute atomic E-state index is 0.168. The van der Waals surface area contributed by atoms with E-state index >= 15 is 0 Å². The number of nitrogens with zero attached hydrogens (tertiary/aromatic N) is 1. The normalized spacial score (nSPS) is 17.7. The number of carbonyl (C=O) groups excluding carboxylic acids is 2. The smallest absolute Gasteiger partial charge is 0.243 e. The van der Waals surface area contributed by atoms with E-state index in [0.29, 0.717) is 18.6 Å². The van der Waals surface area contributed by atoms with Crippen LogP contribution in [-0.2, 0) is 19.6 Å². The molecule has 1 atom stereocenters. The molecular weight excluding hydrogens is 348 g/mol. The lowest BCUT2D eigenvalue weighted by molar-refractivity contribution is -0.307. The van der Waals surface area contributed by atoms with Gasteiger partial charge in [-0.2, -0.15) is 4.31 Å². The number of carboxylic acids is 1. The number of carboxylic acid groups (broad SMARTS) is 1. The third kappa shape index (κ3) is 4.49. The number of methoxy groups -OCH3 is 1. The Morgan fingerprint density at radius 3 is 2.28 bits per heavy atom. The van der Waals surface area contributed by atoms with Crippen molar-refractivity contribution in [2.45, 2.75) is 30.7 Å². The van der Waals surface area contributed by atoms with E-state index in [1.165, 1.54) is 30.5 Å². The third-order valence-corrected chi connectivity index (χ3v) is 6.15. The Bertz CT molecular complexity index is 723. The molecule has 1 fully saturated rings. The summed E-state index contributed by atoms with van der Waals surface area (Å²) in [7, 11) is -2.13. The summed E-state index contributed by atoms with van der Waals surface area (Å²) < 4.78 is 31.6. The van der Waals surface area contributed by atoms with Gasteiger partial charge in [0.1, 0.15) is 5.75 Å². The summed E-state index contributed by atoms with van der Waals surface area (Å²) in [6.07, 6.45) is 0.669. The minimum Gasteiger partial charge on any atom is -0.548 e. The first-order valence-corrected chi connectivity index (χ1v) is 9.35. The number of amides is 1. The third-order valence-electron chi connectivity index (χ3n) is 4.23. The summed E-state index contributed by atoms with van der Waals surface area (Å²) in [6, 6.07) is 5.04. The highest BCUT2D eigenvalue weighted by molar-refractivity contribution is 7.89. The summed E-state index contributed by atoms with van der Waals surface area (Å²) in [4.78, 5) is 22.9. The molecule has 0 unspecified atom stereocenters. The SMILES string of the molecule is COc1ccc(S(=O)(=O)N2CCC(C(=O)N[C@@H](C)C(=O)[O-])CC2)cc1. The van der Waals surface area contributed by atoms with Crippen molar-refractivity contribution < 1.29 is 27.9 Å². The van der Waals surface area contributed by atoms with Crippen LogP contribution in [0.25, 0.3) is 0 Å². The van der Waals surface area contributed by atoms with E-state index < -0.39 is 33.9 Å². The van der Waals surface area contributed by atoms with E-state index in [1.54, 1.807) is 12.1 Å². The van der Waals surface area contributed by atoms with Crippen molar-refractivity contribution in [3.8, 4) is 5.75 Å². The van der Waals surface area contributed by atoms with Gasteiger partial charge in [-0.3, -0.25) is 4.79 Å². The van der Waals surface area contributed by atoms with Gasteiger partial charge in [0.05, 0.1) is 24.0 Å². The summed E-state index contributed by atoms with van der Waals surface area (Å²) >= 11 is 0. The number of aliphatic carboxylic acids is 1. The Hall–Kier alpha value is -2.13. The van der Waals surface area contributed by atoms with E-state index in [0.717, 1.165) is 0 Å². The zero-order valence-electron chi connectivity index (χ0n) is 14.1. The second-order valence-corrected chi connectivity index (χ2v) is 7.84. The lowest BCUT2D eigenvalue weighted by Crippen LogP contribution is -2.49. The zero-order chi connectivity index (χ0) is 18.6. The highest BCUT2D eigenvalue weighted by Gasteiger charge is 2.32. The largest absolute Gasteiger partial charge is 0.548 e. The predicted octanol–water partition coefficient (Wildman–Crippen LogP) is -0.649. The molecule has 25 heavy (non-hydrogen) atoms. The Kier molecular flexibility index (Phi) is 6.02. The summed E-state index contributed by atoms with van der Waals surface area (Å²) in [5, 5.41) is 13.0. The highest BCUT2D eigenvalue weighted by atomic mass is 32.2. The second kappa shape index (κ2) is 7.83. The van der Waals surface area contributed by atoms with Crippen LogP contribution in [0, 0.1) is 5.92 Å². The molecular formula is C16H21N2O6S-. The van der Waals surface area contributed by atoms with E-state index in [-0.39, 0.29) is 18.0 Å². The van der Waals surface area contributed by atoms with Gasteiger partial charge >= 0.3 is 0 Å². The molecule has 1 aromatic carbocycles. The van der Waals surface area contributed by atoms with Crippen LogP contribution in [0.5, 0.6) is 5.75 Å². The second-order valence-electron chi connectivity index (χ2n) is 5.90. The van der Waals surface area contributed by atoms with Gasteiger partial charge in [0.2, 0.25) is 15.9 Å². The molecule has 0 radical (unpaired) electrons. The van der Waals surface area contributed by atoms with Crippen molar-refractivity contribution in [3.05, 3.63) is 24.3 Å². The minimum atomic E-state index is -3.63. The van der Waals surface area contributed by atoms with Crippen molar-refractivity contribution >= 4 is 21.9 Å². The molecule has 2 rings (SSSR count). The Morgan fingerprint density at radius 2 is 1.80 bits per heavy atom. The molecule has 1 amide bonds. The van der Waals surface area contributed by atoms with Gasteiger partial charge in [0, 0.05) is 19.0 Å². The van der Waals surface area contributed by atoms with Crippen LogP contribution >= 0.6 is 0 Å². The maximum atomic E-state index is 12.6. The number of nitrogens with one attached hydrogen (secondary N) is 1. The van der Waals surface area contributed by atoms with Gasteiger partial charge in [0.25, 0.3) is 0 Å². The van der Waals surface area contributed by atoms with Gasteiger partial charge in [-0.1, -0.05) is 0 Å². The highest BCUT2D eigenvalue weighted by Crippen LogP contribution is 2.25. The van der Waals surface area contributed by atoms with Crippen LogP contribution in [0.2, 0.25) is 0 Å². The first-order chi connectivity index (χ1) is 11.8. The number of hydrogen-bond donors (Lipinski definition) is 1. The fraction of sp³-hybridized carbons (Fsp3) is 0.500. The summed E-state index contributed by atoms with van der Waals surface area (Å²) in [5.41, 5.74) is 0. The maximum absolute atomic E-state index is 12.6. The van der Waals surface area contributed by atoms with Crippen molar-refractivity contribution in [2.24, 2.45) is 5.92 Å². The van der Waals surface area contributed by atoms with E-state index in [4.69, 9.17) is 4.74 Å². The van der Waals surface area contributed by atoms with Gasteiger partial charge in [-0.25, -0.2) is 8.42 Å². The lowest BCUT2D eigenvalue weighted by atomic mass is 9.97. The molecule has 0 aliphatic carbocycles. The number of carbonyl (C=O) groups is 2. The monoisotopic (exact) mass is 369 g/mol. The number of sulfonamides is 1. The number of piperidine rings is 1. The Balaban J connectivity index is 1.98. The molecule has 1 aromatic rings. The molecule has 0 bridgehead atoms. The van der Waals surface area contributed by atoms with E-state index in [2.05, 4.69) is 5.32 Å². The van der Waals surface area contributed by atoms with Crippen LogP contribution in [0.4, 0.5) is 0 Å². The van der Waals surface area contributed by atoms with Crippen molar-refractivity contribution in [1.29, 1.82) is 0 Å². The lowest BCUT2D eigenvalue weighted by Gasteiger charge is -2.31.